The summed E-state index contributed by atoms with van der Waals surface area (Å²) in [7, 11) is 0. The van der Waals surface area contributed by atoms with Gasteiger partial charge < -0.3 is 57.0 Å². The summed E-state index contributed by atoms with van der Waals surface area (Å²) in [6, 6.07) is -5.21. The van der Waals surface area contributed by atoms with Crippen LogP contribution in [0, 0.1) is 0 Å². The second-order valence-electron chi connectivity index (χ2n) is 9.15. The summed E-state index contributed by atoms with van der Waals surface area (Å²) in [5.74, 6) is -5.26. The van der Waals surface area contributed by atoms with Gasteiger partial charge >= 0.3 is 5.97 Å². The van der Waals surface area contributed by atoms with Gasteiger partial charge in [-0.05, 0) is 26.2 Å². The van der Waals surface area contributed by atoms with E-state index in [1.165, 1.54) is 6.92 Å². The van der Waals surface area contributed by atoms with Gasteiger partial charge in [0, 0.05) is 12.8 Å². The minimum Gasteiger partial charge on any atom is -0.480 e. The number of aliphatic hydroxyl groups excluding tert-OH is 3. The Morgan fingerprint density at radius 2 is 1.51 bits per heavy atom. The lowest BCUT2D eigenvalue weighted by atomic mass is 10.0. The molecule has 17 heteroatoms. The average Bonchev–Trinajstić information content (AvgIpc) is 2.91. The third-order valence-electron chi connectivity index (χ3n) is 5.76. The standard InChI is InChI=1S/C24H41N5O12/c1-4-6-17(33)28-15(9-30)21(20(36)16(32)10-31)41-11-19(35)26-12(3)23(38)29-14(22(25)37)7-8-18(34)27-13(5-2)24(39)40/h9,12-16,20-21,31-32,36H,4-8,10-11H2,1-3H3,(H2,25,37)(H,26,35)(H,27,34)(H,28,33)(H,29,38)(H,39,40)/t12?,13?,14?,15-,16+,20+,21+/m0/s1. The molecule has 17 nitrogen and oxygen atoms in total. The van der Waals surface area contributed by atoms with E-state index in [-0.39, 0.29) is 32.0 Å². The van der Waals surface area contributed by atoms with Crippen LogP contribution in [0.1, 0.15) is 52.9 Å². The highest BCUT2D eigenvalue weighted by atomic mass is 16.5. The van der Waals surface area contributed by atoms with Gasteiger partial charge in [0.05, 0.1) is 6.61 Å². The number of aldehydes is 1. The summed E-state index contributed by atoms with van der Waals surface area (Å²) in [6.07, 6.45) is -5.05. The summed E-state index contributed by atoms with van der Waals surface area (Å²) in [5, 5.41) is 47.3. The van der Waals surface area contributed by atoms with Crippen LogP contribution in [-0.4, -0.2) is 118 Å². The van der Waals surface area contributed by atoms with Crippen LogP contribution >= 0.6 is 0 Å². The third kappa shape index (κ3) is 14.0. The highest BCUT2D eigenvalue weighted by molar-refractivity contribution is 5.92. The average molecular weight is 592 g/mol. The number of nitrogens with two attached hydrogens (primary N) is 1. The molecule has 0 aromatic heterocycles. The summed E-state index contributed by atoms with van der Waals surface area (Å²) in [6.45, 7) is 2.74. The maximum Gasteiger partial charge on any atom is 0.326 e. The number of hydrogen-bond acceptors (Lipinski definition) is 11. The molecule has 0 saturated heterocycles. The van der Waals surface area contributed by atoms with Crippen molar-refractivity contribution in [3.63, 3.8) is 0 Å². The largest absolute Gasteiger partial charge is 0.480 e. The van der Waals surface area contributed by atoms with E-state index in [4.69, 9.17) is 20.7 Å². The van der Waals surface area contributed by atoms with Gasteiger partial charge in [-0.2, -0.15) is 0 Å². The lowest BCUT2D eigenvalue weighted by Crippen LogP contribution is -2.56. The van der Waals surface area contributed by atoms with E-state index in [1.54, 1.807) is 13.8 Å². The fourth-order valence-corrected chi connectivity index (χ4v) is 3.40. The molecule has 0 aromatic carbocycles. The molecule has 3 unspecified atom stereocenters. The van der Waals surface area contributed by atoms with E-state index >= 15 is 0 Å². The molecular formula is C24H41N5O12. The Hall–Kier alpha value is -3.67. The predicted molar refractivity (Wildman–Crippen MR) is 140 cm³/mol. The van der Waals surface area contributed by atoms with Gasteiger partial charge in [-0.1, -0.05) is 13.8 Å². The normalized spacial score (nSPS) is 16.0. The second kappa shape index (κ2) is 19.4. The van der Waals surface area contributed by atoms with E-state index in [2.05, 4.69) is 21.3 Å². The van der Waals surface area contributed by atoms with E-state index in [0.29, 0.717) is 6.42 Å². The number of nitrogens with one attached hydrogen (secondary N) is 4. The molecule has 41 heavy (non-hydrogen) atoms. The van der Waals surface area contributed by atoms with Crippen LogP contribution in [0.15, 0.2) is 0 Å². The number of primary amides is 1. The number of aliphatic hydroxyl groups is 3. The first-order valence-electron chi connectivity index (χ1n) is 13.0. The van der Waals surface area contributed by atoms with E-state index < -0.39 is 91.2 Å². The van der Waals surface area contributed by atoms with Crippen LogP contribution in [0.5, 0.6) is 0 Å². The molecule has 0 aromatic rings. The SMILES string of the molecule is CCCC(=O)N[C@@H](C=O)[C@@H](OCC(=O)NC(C)C(=O)NC(CCC(=O)NC(CC)C(=O)O)C(N)=O)[C@H](O)[C@H](O)CO. The molecule has 0 fully saturated rings. The molecule has 0 bridgehead atoms. The third-order valence-corrected chi connectivity index (χ3v) is 5.76. The molecule has 0 radical (unpaired) electrons. The van der Waals surface area contributed by atoms with Crippen molar-refractivity contribution in [2.45, 2.75) is 95.4 Å². The zero-order chi connectivity index (χ0) is 31.7. The molecular weight excluding hydrogens is 550 g/mol. The number of ether oxygens (including phenoxy) is 1. The smallest absolute Gasteiger partial charge is 0.326 e. The van der Waals surface area contributed by atoms with Gasteiger partial charge in [0.25, 0.3) is 0 Å². The number of rotatable bonds is 21. The highest BCUT2D eigenvalue weighted by Gasteiger charge is 2.35. The van der Waals surface area contributed by atoms with Crippen molar-refractivity contribution in [3.05, 3.63) is 0 Å². The number of amides is 5. The van der Waals surface area contributed by atoms with Crippen molar-refractivity contribution in [1.82, 2.24) is 21.3 Å². The quantitative estimate of drug-likeness (QED) is 0.0575. The molecule has 0 saturated carbocycles. The van der Waals surface area contributed by atoms with Crippen LogP contribution in [0.25, 0.3) is 0 Å². The van der Waals surface area contributed by atoms with Gasteiger partial charge in [0.1, 0.15) is 55.4 Å². The maximum absolute atomic E-state index is 12.5. The molecule has 0 aliphatic rings. The van der Waals surface area contributed by atoms with Gasteiger partial charge in [0.2, 0.25) is 29.5 Å². The van der Waals surface area contributed by atoms with E-state index in [1.807, 2.05) is 0 Å². The zero-order valence-corrected chi connectivity index (χ0v) is 23.2. The Morgan fingerprint density at radius 1 is 0.902 bits per heavy atom. The van der Waals surface area contributed by atoms with E-state index in [0.717, 1.165) is 0 Å². The van der Waals surface area contributed by atoms with Crippen molar-refractivity contribution < 1.29 is 58.7 Å². The van der Waals surface area contributed by atoms with E-state index in [9.17, 15) is 43.8 Å². The molecule has 0 rings (SSSR count). The van der Waals surface area contributed by atoms with Crippen LogP contribution < -0.4 is 27.0 Å². The molecule has 5 amide bonds. The lowest BCUT2D eigenvalue weighted by molar-refractivity contribution is -0.146. The maximum atomic E-state index is 12.5. The number of aliphatic carboxylic acids is 1. The van der Waals surface area contributed by atoms with Crippen molar-refractivity contribution in [2.24, 2.45) is 5.73 Å². The summed E-state index contributed by atoms with van der Waals surface area (Å²) < 4.78 is 5.27. The molecule has 10 N–H and O–H groups in total. The summed E-state index contributed by atoms with van der Waals surface area (Å²) in [4.78, 5) is 83.2. The first-order valence-corrected chi connectivity index (χ1v) is 13.0. The molecule has 0 aliphatic carbocycles. The first-order chi connectivity index (χ1) is 19.2. The second-order valence-corrected chi connectivity index (χ2v) is 9.15. The molecule has 0 spiro atoms. The van der Waals surface area contributed by atoms with Crippen molar-refractivity contribution in [1.29, 1.82) is 0 Å². The van der Waals surface area contributed by atoms with Crippen molar-refractivity contribution in [3.8, 4) is 0 Å². The number of carbonyl (C=O) groups is 7. The first kappa shape index (κ1) is 37.3. The predicted octanol–water partition coefficient (Wildman–Crippen LogP) is -4.20. The molecule has 234 valence electrons. The fraction of sp³-hybridized carbons (Fsp3) is 0.708. The Balaban J connectivity index is 5.17. The van der Waals surface area contributed by atoms with Crippen molar-refractivity contribution >= 4 is 41.8 Å². The molecule has 0 aliphatic heterocycles. The topological polar surface area (TPSA) is 284 Å². The number of carbonyl (C=O) groups excluding carboxylic acids is 6. The zero-order valence-electron chi connectivity index (χ0n) is 23.2. The summed E-state index contributed by atoms with van der Waals surface area (Å²) in [5.41, 5.74) is 5.28. The number of hydrogen-bond donors (Lipinski definition) is 9. The Labute approximate surface area is 236 Å². The highest BCUT2D eigenvalue weighted by Crippen LogP contribution is 2.10. The van der Waals surface area contributed by atoms with Crippen LogP contribution in [0.2, 0.25) is 0 Å². The Bertz CT molecular complexity index is 917. The molecule has 7 atom stereocenters. The van der Waals surface area contributed by atoms with Gasteiger partial charge in [0.15, 0.2) is 0 Å². The van der Waals surface area contributed by atoms with Crippen LogP contribution in [0.3, 0.4) is 0 Å². The van der Waals surface area contributed by atoms with Gasteiger partial charge in [-0.25, -0.2) is 4.79 Å². The molecule has 0 heterocycles. The van der Waals surface area contributed by atoms with Gasteiger partial charge in [-0.3, -0.25) is 24.0 Å². The number of carboxylic acid groups (broad SMARTS) is 1. The fourth-order valence-electron chi connectivity index (χ4n) is 3.40. The lowest BCUT2D eigenvalue weighted by Gasteiger charge is -2.30. The Morgan fingerprint density at radius 3 is 2.00 bits per heavy atom. The minimum atomic E-state index is -1.89. The monoisotopic (exact) mass is 591 g/mol. The minimum absolute atomic E-state index is 0.0430. The number of carboxylic acids is 1. The van der Waals surface area contributed by atoms with Crippen molar-refractivity contribution in [2.75, 3.05) is 13.2 Å². The van der Waals surface area contributed by atoms with Gasteiger partial charge in [-0.15, -0.1) is 0 Å². The van der Waals surface area contributed by atoms with Crippen LogP contribution in [0.4, 0.5) is 0 Å². The Kier molecular flexibility index (Phi) is 17.7. The summed E-state index contributed by atoms with van der Waals surface area (Å²) >= 11 is 0. The van der Waals surface area contributed by atoms with Crippen LogP contribution in [-0.2, 0) is 38.3 Å².